The van der Waals surface area contributed by atoms with Crippen molar-refractivity contribution in [1.29, 1.82) is 5.41 Å². The lowest BCUT2D eigenvalue weighted by molar-refractivity contribution is 0.473. The van der Waals surface area contributed by atoms with E-state index in [4.69, 9.17) is 15.3 Å². The van der Waals surface area contributed by atoms with E-state index in [0.29, 0.717) is 5.75 Å². The normalized spacial score (nSPS) is 8.80. The van der Waals surface area contributed by atoms with E-state index < -0.39 is 0 Å². The monoisotopic (exact) mass is 137 g/mol. The first kappa shape index (κ1) is 6.61. The van der Waals surface area contributed by atoms with Crippen molar-refractivity contribution in [3.63, 3.8) is 0 Å². The molecule has 0 unspecified atom stereocenters. The summed E-state index contributed by atoms with van der Waals surface area (Å²) in [6, 6.07) is 6.17. The van der Waals surface area contributed by atoms with Gasteiger partial charge in [-0.15, -0.1) is 0 Å². The molecule has 1 rings (SSSR count). The Morgan fingerprint density at radius 2 is 1.90 bits per heavy atom. The molecule has 0 amide bonds. The van der Waals surface area contributed by atoms with Crippen LogP contribution in [0.25, 0.3) is 0 Å². The van der Waals surface area contributed by atoms with Crippen molar-refractivity contribution in [2.45, 2.75) is 0 Å². The van der Waals surface area contributed by atoms with Gasteiger partial charge in [0.15, 0.2) is 6.40 Å². The average Bonchev–Trinajstić information content (AvgIpc) is 1.95. The fourth-order valence-corrected chi connectivity index (χ4v) is 0.593. The van der Waals surface area contributed by atoms with Crippen LogP contribution in [0.5, 0.6) is 11.5 Å². The van der Waals surface area contributed by atoms with Gasteiger partial charge in [0.05, 0.1) is 0 Å². The maximum absolute atomic E-state index is 8.81. The summed E-state index contributed by atoms with van der Waals surface area (Å²) in [5, 5.41) is 15.4. The molecule has 0 aromatic heterocycles. The van der Waals surface area contributed by atoms with Crippen molar-refractivity contribution in [3.05, 3.63) is 24.3 Å². The molecular formula is C7H7NO2. The molecule has 0 saturated carbocycles. The molecule has 2 N–H and O–H groups in total. The first-order chi connectivity index (χ1) is 4.83. The zero-order valence-corrected chi connectivity index (χ0v) is 5.24. The second-order valence-electron chi connectivity index (χ2n) is 1.73. The molecule has 1 aromatic rings. The van der Waals surface area contributed by atoms with Crippen LogP contribution in [0.3, 0.4) is 0 Å². The highest BCUT2D eigenvalue weighted by Gasteiger charge is 1.89. The van der Waals surface area contributed by atoms with Crippen LogP contribution in [0.2, 0.25) is 0 Å². The van der Waals surface area contributed by atoms with Crippen molar-refractivity contribution in [2.24, 2.45) is 0 Å². The Kier molecular flexibility index (Phi) is 1.89. The Balaban J connectivity index is 2.78. The molecule has 3 heteroatoms. The topological polar surface area (TPSA) is 53.3 Å². The number of hydrogen-bond acceptors (Lipinski definition) is 3. The van der Waals surface area contributed by atoms with Gasteiger partial charge in [-0.2, -0.15) is 0 Å². The summed E-state index contributed by atoms with van der Waals surface area (Å²) in [7, 11) is 0. The van der Waals surface area contributed by atoms with Crippen LogP contribution in [-0.4, -0.2) is 11.5 Å². The summed E-state index contributed by atoms with van der Waals surface area (Å²) >= 11 is 0. The van der Waals surface area contributed by atoms with Crippen molar-refractivity contribution in [2.75, 3.05) is 0 Å². The van der Waals surface area contributed by atoms with Gasteiger partial charge in [-0.25, -0.2) is 0 Å². The standard InChI is InChI=1S/C7H7NO2/c8-5-10-7-3-1-6(9)2-4-7/h1-5,8-9H. The molecule has 0 saturated heterocycles. The SMILES string of the molecule is N=COc1ccc(O)cc1. The molecule has 1 aromatic carbocycles. The summed E-state index contributed by atoms with van der Waals surface area (Å²) in [6.45, 7) is 0. The Bertz CT molecular complexity index is 218. The van der Waals surface area contributed by atoms with E-state index in [2.05, 4.69) is 0 Å². The minimum atomic E-state index is 0.192. The molecule has 0 radical (unpaired) electrons. The predicted octanol–water partition coefficient (Wildman–Crippen LogP) is 1.38. The van der Waals surface area contributed by atoms with Crippen LogP contribution in [0.15, 0.2) is 24.3 Å². The molecule has 52 valence electrons. The highest BCUT2D eigenvalue weighted by atomic mass is 16.5. The number of nitrogens with one attached hydrogen (secondary N) is 1. The Morgan fingerprint density at radius 1 is 1.30 bits per heavy atom. The fourth-order valence-electron chi connectivity index (χ4n) is 0.593. The third kappa shape index (κ3) is 1.48. The lowest BCUT2D eigenvalue weighted by atomic mass is 10.3. The molecule has 0 spiro atoms. The molecule has 0 aliphatic carbocycles. The summed E-state index contributed by atoms with van der Waals surface area (Å²) in [5.74, 6) is 0.741. The van der Waals surface area contributed by atoms with Crippen LogP contribution >= 0.6 is 0 Å². The Labute approximate surface area is 58.4 Å². The first-order valence-electron chi connectivity index (χ1n) is 2.77. The van der Waals surface area contributed by atoms with Gasteiger partial charge in [-0.1, -0.05) is 0 Å². The van der Waals surface area contributed by atoms with E-state index in [1.807, 2.05) is 0 Å². The van der Waals surface area contributed by atoms with Crippen molar-refractivity contribution < 1.29 is 9.84 Å². The van der Waals surface area contributed by atoms with Gasteiger partial charge in [-0.3, -0.25) is 5.41 Å². The van der Waals surface area contributed by atoms with Gasteiger partial charge < -0.3 is 9.84 Å². The second-order valence-corrected chi connectivity index (χ2v) is 1.73. The zero-order valence-electron chi connectivity index (χ0n) is 5.24. The number of rotatable bonds is 2. The molecular weight excluding hydrogens is 130 g/mol. The molecule has 0 fully saturated rings. The van der Waals surface area contributed by atoms with E-state index in [1.54, 1.807) is 12.1 Å². The summed E-state index contributed by atoms with van der Waals surface area (Å²) in [6.07, 6.45) is 0.840. The van der Waals surface area contributed by atoms with Gasteiger partial charge in [0.2, 0.25) is 0 Å². The molecule has 0 aliphatic rings. The summed E-state index contributed by atoms with van der Waals surface area (Å²) in [5.41, 5.74) is 0. The number of ether oxygens (including phenoxy) is 1. The lowest BCUT2D eigenvalue weighted by Crippen LogP contribution is -1.85. The lowest BCUT2D eigenvalue weighted by Gasteiger charge is -1.96. The molecule has 10 heavy (non-hydrogen) atoms. The number of benzene rings is 1. The van der Waals surface area contributed by atoms with Gasteiger partial charge in [0, 0.05) is 0 Å². The van der Waals surface area contributed by atoms with Gasteiger partial charge >= 0.3 is 0 Å². The molecule has 0 bridgehead atoms. The third-order valence-electron chi connectivity index (χ3n) is 1.03. The molecule has 0 aliphatic heterocycles. The predicted molar refractivity (Wildman–Crippen MR) is 37.5 cm³/mol. The van der Waals surface area contributed by atoms with Crippen LogP contribution in [0.1, 0.15) is 0 Å². The van der Waals surface area contributed by atoms with Crippen molar-refractivity contribution in [3.8, 4) is 11.5 Å². The largest absolute Gasteiger partial charge is 0.508 e. The minimum absolute atomic E-state index is 0.192. The third-order valence-corrected chi connectivity index (χ3v) is 1.03. The van der Waals surface area contributed by atoms with Gasteiger partial charge in [0.1, 0.15) is 11.5 Å². The first-order valence-corrected chi connectivity index (χ1v) is 2.77. The quantitative estimate of drug-likeness (QED) is 0.478. The zero-order chi connectivity index (χ0) is 7.40. The fraction of sp³-hybridized carbons (Fsp3) is 0. The van der Waals surface area contributed by atoms with E-state index >= 15 is 0 Å². The van der Waals surface area contributed by atoms with E-state index in [-0.39, 0.29) is 5.75 Å². The van der Waals surface area contributed by atoms with Crippen LogP contribution < -0.4 is 4.74 Å². The van der Waals surface area contributed by atoms with Crippen LogP contribution in [0, 0.1) is 5.41 Å². The number of phenolic OH excluding ortho intramolecular Hbond substituents is 1. The van der Waals surface area contributed by atoms with Crippen molar-refractivity contribution in [1.82, 2.24) is 0 Å². The molecule has 0 atom stereocenters. The smallest absolute Gasteiger partial charge is 0.173 e. The van der Waals surface area contributed by atoms with E-state index in [1.165, 1.54) is 12.1 Å². The highest BCUT2D eigenvalue weighted by molar-refractivity contribution is 5.48. The van der Waals surface area contributed by atoms with Crippen LogP contribution in [-0.2, 0) is 0 Å². The highest BCUT2D eigenvalue weighted by Crippen LogP contribution is 2.14. The maximum atomic E-state index is 8.81. The second kappa shape index (κ2) is 2.87. The van der Waals surface area contributed by atoms with E-state index in [9.17, 15) is 0 Å². The summed E-state index contributed by atoms with van der Waals surface area (Å²) in [4.78, 5) is 0. The van der Waals surface area contributed by atoms with Crippen molar-refractivity contribution >= 4 is 6.40 Å². The molecule has 3 nitrogen and oxygen atoms in total. The maximum Gasteiger partial charge on any atom is 0.173 e. The minimum Gasteiger partial charge on any atom is -0.508 e. The van der Waals surface area contributed by atoms with Gasteiger partial charge in [0.25, 0.3) is 0 Å². The summed E-state index contributed by atoms with van der Waals surface area (Å²) < 4.78 is 4.69. The van der Waals surface area contributed by atoms with E-state index in [0.717, 1.165) is 6.40 Å². The number of aromatic hydroxyl groups is 1. The Morgan fingerprint density at radius 3 is 2.40 bits per heavy atom. The average molecular weight is 137 g/mol. The van der Waals surface area contributed by atoms with Crippen LogP contribution in [0.4, 0.5) is 0 Å². The Hall–Kier alpha value is -1.51. The van der Waals surface area contributed by atoms with Gasteiger partial charge in [-0.05, 0) is 24.3 Å². The number of phenols is 1. The number of hydrogen-bond donors (Lipinski definition) is 2. The molecule has 0 heterocycles.